The van der Waals surface area contributed by atoms with Gasteiger partial charge >= 0.3 is 11.9 Å². The number of aliphatic carboxylic acids is 1. The molecule has 154 valence electrons. The maximum atomic E-state index is 12.8. The lowest BCUT2D eigenvalue weighted by atomic mass is 9.91. The zero-order valence-electron chi connectivity index (χ0n) is 16.9. The van der Waals surface area contributed by atoms with E-state index in [0.29, 0.717) is 12.8 Å². The highest BCUT2D eigenvalue weighted by atomic mass is 16.5. The van der Waals surface area contributed by atoms with Crippen molar-refractivity contribution in [3.63, 3.8) is 0 Å². The monoisotopic (exact) mass is 396 g/mol. The van der Waals surface area contributed by atoms with Crippen molar-refractivity contribution in [1.29, 1.82) is 0 Å². The van der Waals surface area contributed by atoms with Crippen molar-refractivity contribution in [2.45, 2.75) is 50.8 Å². The number of carbonyl (C=O) groups is 2. The summed E-state index contributed by atoms with van der Waals surface area (Å²) >= 11 is 0. The highest BCUT2D eigenvalue weighted by molar-refractivity contribution is 6.04. The van der Waals surface area contributed by atoms with E-state index in [0.717, 1.165) is 23.1 Å². The van der Waals surface area contributed by atoms with E-state index in [-0.39, 0.29) is 19.1 Å². The summed E-state index contributed by atoms with van der Waals surface area (Å²) in [6.45, 7) is 1.90. The van der Waals surface area contributed by atoms with Gasteiger partial charge in [0.2, 0.25) is 5.54 Å². The van der Waals surface area contributed by atoms with Crippen LogP contribution >= 0.6 is 0 Å². The molecule has 0 heterocycles. The van der Waals surface area contributed by atoms with Gasteiger partial charge in [-0.2, -0.15) is 0 Å². The molecule has 1 unspecified atom stereocenters. The molecule has 0 bridgehead atoms. The van der Waals surface area contributed by atoms with Crippen molar-refractivity contribution in [2.24, 2.45) is 5.73 Å². The Morgan fingerprint density at radius 3 is 2.62 bits per heavy atom. The molecule has 0 aromatic heterocycles. The van der Waals surface area contributed by atoms with Crippen LogP contribution in [0, 0.1) is 0 Å². The van der Waals surface area contributed by atoms with Crippen LogP contribution in [0.5, 0.6) is 0 Å². The highest BCUT2D eigenvalue weighted by Crippen LogP contribution is 2.38. The van der Waals surface area contributed by atoms with Gasteiger partial charge in [0.05, 0.1) is 0 Å². The third kappa shape index (κ3) is 4.18. The Kier molecular flexibility index (Phi) is 6.35. The first-order chi connectivity index (χ1) is 13.9. The Labute approximate surface area is 171 Å². The van der Waals surface area contributed by atoms with Gasteiger partial charge in [-0.05, 0) is 67.5 Å². The van der Waals surface area contributed by atoms with E-state index in [1.54, 1.807) is 0 Å². The number of hydrogen-bond donors (Lipinski definition) is 3. The van der Waals surface area contributed by atoms with E-state index in [1.165, 1.54) is 18.2 Å². The Balaban J connectivity index is 1.75. The summed E-state index contributed by atoms with van der Waals surface area (Å²) in [6, 6.07) is 14.1. The summed E-state index contributed by atoms with van der Waals surface area (Å²) in [7, 11) is 1.47. The van der Waals surface area contributed by atoms with Crippen LogP contribution in [0.25, 0.3) is 11.1 Å². The summed E-state index contributed by atoms with van der Waals surface area (Å²) < 4.78 is 5.51. The van der Waals surface area contributed by atoms with Crippen LogP contribution in [-0.4, -0.2) is 35.7 Å². The fourth-order valence-electron chi connectivity index (χ4n) is 3.94. The van der Waals surface area contributed by atoms with Crippen LogP contribution < -0.4 is 11.1 Å². The Bertz CT molecular complexity index is 910. The molecule has 2 atom stereocenters. The highest BCUT2D eigenvalue weighted by Gasteiger charge is 2.46. The van der Waals surface area contributed by atoms with Gasteiger partial charge in [-0.15, -0.1) is 0 Å². The van der Waals surface area contributed by atoms with Gasteiger partial charge < -0.3 is 15.6 Å². The fourth-order valence-corrected chi connectivity index (χ4v) is 3.94. The molecule has 1 aliphatic carbocycles. The van der Waals surface area contributed by atoms with E-state index < -0.39 is 17.5 Å². The third-order valence-corrected chi connectivity index (χ3v) is 5.66. The van der Waals surface area contributed by atoms with Crippen molar-refractivity contribution in [3.05, 3.63) is 59.2 Å². The average Bonchev–Trinajstić information content (AvgIpc) is 3.08. The molecule has 0 spiro atoms. The van der Waals surface area contributed by atoms with Crippen LogP contribution in [0.2, 0.25) is 0 Å². The molecule has 0 amide bonds. The number of carbonyl (C=O) groups excluding carboxylic acids is 1. The molecule has 0 saturated heterocycles. The van der Waals surface area contributed by atoms with Crippen molar-refractivity contribution < 1.29 is 19.4 Å². The van der Waals surface area contributed by atoms with Crippen molar-refractivity contribution >= 4 is 11.9 Å². The topological polar surface area (TPSA) is 102 Å². The summed E-state index contributed by atoms with van der Waals surface area (Å²) in [5.41, 5.74) is 9.60. The summed E-state index contributed by atoms with van der Waals surface area (Å²) in [4.78, 5) is 24.7. The number of carboxylic acid groups (broad SMARTS) is 1. The maximum absolute atomic E-state index is 12.8. The molecular formula is C23H28N2O4. The van der Waals surface area contributed by atoms with E-state index in [2.05, 4.69) is 23.5 Å². The number of carboxylic acids is 1. The second-order valence-electron chi connectivity index (χ2n) is 7.68. The molecule has 2 aromatic carbocycles. The molecule has 0 aliphatic heterocycles. The molecule has 0 saturated carbocycles. The molecule has 3 rings (SSSR count). The van der Waals surface area contributed by atoms with Gasteiger partial charge in [0, 0.05) is 6.04 Å². The SMILES string of the molecule is CN[C@@](CCCC(C)N)(C(=O)O)C(=O)OCc1cccc2c1Cc1ccccc1-2. The number of rotatable bonds is 9. The molecule has 0 fully saturated rings. The predicted molar refractivity (Wildman–Crippen MR) is 111 cm³/mol. The van der Waals surface area contributed by atoms with Crippen LogP contribution in [-0.2, 0) is 27.4 Å². The number of esters is 1. The number of nitrogens with one attached hydrogen (secondary N) is 1. The van der Waals surface area contributed by atoms with Gasteiger partial charge in [0.25, 0.3) is 0 Å². The van der Waals surface area contributed by atoms with Crippen LogP contribution in [0.15, 0.2) is 42.5 Å². The standard InChI is InChI=1S/C23H28N2O4/c1-15(24)7-6-12-23(25-2,21(26)27)22(28)29-14-17-9-5-11-19-18-10-4-3-8-16(18)13-20(17)19/h3-5,8-11,15,25H,6-7,12-14,24H2,1-2H3,(H,26,27)/t15?,23-/m0/s1. The van der Waals surface area contributed by atoms with Crippen LogP contribution in [0.1, 0.15) is 42.9 Å². The lowest BCUT2D eigenvalue weighted by Gasteiger charge is -2.27. The lowest BCUT2D eigenvalue weighted by Crippen LogP contribution is -2.57. The van der Waals surface area contributed by atoms with Crippen LogP contribution in [0.3, 0.4) is 0 Å². The molecule has 29 heavy (non-hydrogen) atoms. The number of hydrogen-bond acceptors (Lipinski definition) is 5. The molecular weight excluding hydrogens is 368 g/mol. The molecule has 4 N–H and O–H groups in total. The second-order valence-corrected chi connectivity index (χ2v) is 7.68. The quantitative estimate of drug-likeness (QED) is 0.380. The van der Waals surface area contributed by atoms with Gasteiger partial charge in [0.15, 0.2) is 0 Å². The summed E-state index contributed by atoms with van der Waals surface area (Å²) in [5.74, 6) is -2.01. The van der Waals surface area contributed by atoms with E-state index in [4.69, 9.17) is 10.5 Å². The van der Waals surface area contributed by atoms with E-state index in [9.17, 15) is 14.7 Å². The van der Waals surface area contributed by atoms with E-state index in [1.807, 2.05) is 31.2 Å². The molecule has 1 aliphatic rings. The van der Waals surface area contributed by atoms with Gasteiger partial charge in [-0.25, -0.2) is 9.59 Å². The number of benzene rings is 2. The average molecular weight is 396 g/mol. The van der Waals surface area contributed by atoms with Gasteiger partial charge in [0.1, 0.15) is 6.61 Å². The molecule has 6 heteroatoms. The Morgan fingerprint density at radius 1 is 1.21 bits per heavy atom. The summed E-state index contributed by atoms with van der Waals surface area (Å²) in [6.07, 6.45) is 2.05. The number of ether oxygens (including phenoxy) is 1. The fraction of sp³-hybridized carbons (Fsp3) is 0.391. The van der Waals surface area contributed by atoms with Crippen molar-refractivity contribution in [2.75, 3.05) is 7.05 Å². The zero-order chi connectivity index (χ0) is 21.0. The van der Waals surface area contributed by atoms with Crippen molar-refractivity contribution in [1.82, 2.24) is 5.32 Å². The van der Waals surface area contributed by atoms with Gasteiger partial charge in [-0.1, -0.05) is 42.5 Å². The largest absolute Gasteiger partial charge is 0.479 e. The molecule has 0 radical (unpaired) electrons. The number of nitrogens with two attached hydrogens (primary N) is 1. The first kappa shape index (κ1) is 21.0. The Hall–Kier alpha value is -2.70. The van der Waals surface area contributed by atoms with Crippen LogP contribution in [0.4, 0.5) is 0 Å². The maximum Gasteiger partial charge on any atom is 0.338 e. The molecule has 6 nitrogen and oxygen atoms in total. The number of likely N-dealkylation sites (N-methyl/N-ethyl adjacent to an activating group) is 1. The Morgan fingerprint density at radius 2 is 1.93 bits per heavy atom. The minimum Gasteiger partial charge on any atom is -0.479 e. The number of fused-ring (bicyclic) bond motifs is 3. The predicted octanol–water partition coefficient (Wildman–Crippen LogP) is 2.86. The summed E-state index contributed by atoms with van der Waals surface area (Å²) in [5, 5.41) is 12.4. The first-order valence-electron chi connectivity index (χ1n) is 9.93. The minimum absolute atomic E-state index is 0.0417. The lowest BCUT2D eigenvalue weighted by molar-refractivity contribution is -0.164. The normalized spacial score (nSPS) is 15.1. The molecule has 2 aromatic rings. The first-order valence-corrected chi connectivity index (χ1v) is 9.93. The smallest absolute Gasteiger partial charge is 0.338 e. The second kappa shape index (κ2) is 8.76. The van der Waals surface area contributed by atoms with Gasteiger partial charge in [-0.3, -0.25) is 5.32 Å². The van der Waals surface area contributed by atoms with E-state index >= 15 is 0 Å². The zero-order valence-corrected chi connectivity index (χ0v) is 16.9. The van der Waals surface area contributed by atoms with Crippen molar-refractivity contribution in [3.8, 4) is 11.1 Å². The minimum atomic E-state index is -1.77. The third-order valence-electron chi connectivity index (χ3n) is 5.66.